The summed E-state index contributed by atoms with van der Waals surface area (Å²) >= 11 is 0. The quantitative estimate of drug-likeness (QED) is 0.475. The highest BCUT2D eigenvalue weighted by Gasteiger charge is 2.20. The molecule has 0 aliphatic rings. The lowest BCUT2D eigenvalue weighted by atomic mass is 10.1. The molecule has 3 rings (SSSR count). The van der Waals surface area contributed by atoms with Gasteiger partial charge in [0.15, 0.2) is 0 Å². The first-order chi connectivity index (χ1) is 14.4. The molecule has 0 bridgehead atoms. The Morgan fingerprint density at radius 2 is 1.90 bits per heavy atom. The fourth-order valence-electron chi connectivity index (χ4n) is 3.55. The second kappa shape index (κ2) is 9.83. The predicted octanol–water partition coefficient (Wildman–Crippen LogP) is 5.34. The number of aromatic nitrogens is 2. The van der Waals surface area contributed by atoms with Gasteiger partial charge in [0.25, 0.3) is 0 Å². The fraction of sp³-hybridized carbons (Fsp3) is 0.417. The summed E-state index contributed by atoms with van der Waals surface area (Å²) in [6, 6.07) is 10.7. The molecule has 1 amide bonds. The molecule has 0 aliphatic heterocycles. The summed E-state index contributed by atoms with van der Waals surface area (Å²) in [5.74, 6) is 0.473. The topological polar surface area (TPSA) is 38.1 Å². The zero-order valence-corrected chi connectivity index (χ0v) is 17.9. The summed E-state index contributed by atoms with van der Waals surface area (Å²) in [4.78, 5) is 19.6. The summed E-state index contributed by atoms with van der Waals surface area (Å²) in [5, 5.41) is 0. The van der Waals surface area contributed by atoms with E-state index in [9.17, 15) is 13.6 Å². The van der Waals surface area contributed by atoms with Crippen LogP contribution in [0.4, 0.5) is 8.78 Å². The zero-order chi connectivity index (χ0) is 21.7. The van der Waals surface area contributed by atoms with Crippen molar-refractivity contribution in [1.82, 2.24) is 14.5 Å². The Morgan fingerprint density at radius 3 is 2.60 bits per heavy atom. The van der Waals surface area contributed by atoms with Gasteiger partial charge in [-0.15, -0.1) is 0 Å². The van der Waals surface area contributed by atoms with Gasteiger partial charge in [0.05, 0.1) is 24.0 Å². The fourth-order valence-corrected chi connectivity index (χ4v) is 3.55. The molecule has 30 heavy (non-hydrogen) atoms. The number of fused-ring (bicyclic) bond motifs is 1. The van der Waals surface area contributed by atoms with Crippen LogP contribution in [0.2, 0.25) is 0 Å². The minimum atomic E-state index is -0.346. The number of carbonyl (C=O) groups excluding carboxylic acids is 1. The van der Waals surface area contributed by atoms with Crippen molar-refractivity contribution in [2.75, 3.05) is 6.54 Å². The first kappa shape index (κ1) is 21.9. The van der Waals surface area contributed by atoms with Gasteiger partial charge < -0.3 is 9.47 Å². The molecule has 0 spiro atoms. The van der Waals surface area contributed by atoms with Crippen LogP contribution in [0.15, 0.2) is 42.5 Å². The molecule has 160 valence electrons. The van der Waals surface area contributed by atoms with E-state index in [-0.39, 0.29) is 24.0 Å². The van der Waals surface area contributed by atoms with Gasteiger partial charge in [0.1, 0.15) is 17.5 Å². The molecule has 6 heteroatoms. The van der Waals surface area contributed by atoms with E-state index in [2.05, 4.69) is 25.8 Å². The lowest BCUT2D eigenvalue weighted by Crippen LogP contribution is -2.34. The van der Waals surface area contributed by atoms with Crippen molar-refractivity contribution < 1.29 is 13.6 Å². The molecular weight excluding hydrogens is 384 g/mol. The summed E-state index contributed by atoms with van der Waals surface area (Å²) in [6.07, 6.45) is 1.87. The molecule has 0 saturated heterocycles. The number of carbonyl (C=O) groups is 1. The monoisotopic (exact) mass is 413 g/mol. The van der Waals surface area contributed by atoms with Gasteiger partial charge in [-0.2, -0.15) is 0 Å². The average molecular weight is 414 g/mol. The van der Waals surface area contributed by atoms with Crippen LogP contribution in [0.25, 0.3) is 11.0 Å². The smallest absolute Gasteiger partial charge is 0.227 e. The number of halogens is 2. The summed E-state index contributed by atoms with van der Waals surface area (Å²) in [7, 11) is 0. The third kappa shape index (κ3) is 5.43. The van der Waals surface area contributed by atoms with E-state index in [4.69, 9.17) is 0 Å². The van der Waals surface area contributed by atoms with Gasteiger partial charge in [-0.05, 0) is 54.7 Å². The number of nitrogens with zero attached hydrogens (tertiary/aromatic N) is 3. The van der Waals surface area contributed by atoms with E-state index in [1.54, 1.807) is 23.1 Å². The number of rotatable bonds is 9. The van der Waals surface area contributed by atoms with Crippen molar-refractivity contribution in [3.05, 3.63) is 65.5 Å². The Balaban J connectivity index is 1.88. The molecule has 1 heterocycles. The van der Waals surface area contributed by atoms with E-state index >= 15 is 0 Å². The summed E-state index contributed by atoms with van der Waals surface area (Å²) in [6.45, 7) is 7.92. The van der Waals surface area contributed by atoms with Crippen molar-refractivity contribution >= 4 is 16.9 Å². The maximum atomic E-state index is 13.8. The van der Waals surface area contributed by atoms with Crippen LogP contribution in [0.1, 0.15) is 45.0 Å². The molecule has 0 aliphatic carbocycles. The van der Waals surface area contributed by atoms with E-state index < -0.39 is 0 Å². The molecule has 0 saturated carbocycles. The lowest BCUT2D eigenvalue weighted by molar-refractivity contribution is -0.131. The Bertz CT molecular complexity index is 1010. The molecule has 0 N–H and O–H groups in total. The Morgan fingerprint density at radius 1 is 1.13 bits per heavy atom. The molecule has 0 atom stereocenters. The van der Waals surface area contributed by atoms with E-state index in [0.717, 1.165) is 29.7 Å². The van der Waals surface area contributed by atoms with Crippen molar-refractivity contribution in [3.63, 3.8) is 0 Å². The third-order valence-electron chi connectivity index (χ3n) is 5.14. The molecule has 1 aromatic heterocycles. The number of benzene rings is 2. The van der Waals surface area contributed by atoms with Crippen molar-refractivity contribution in [2.45, 2.75) is 53.1 Å². The number of amides is 1. The molecular formula is C24H29F2N3O. The number of hydrogen-bond donors (Lipinski definition) is 0. The van der Waals surface area contributed by atoms with E-state index in [0.29, 0.717) is 31.1 Å². The van der Waals surface area contributed by atoms with Crippen LogP contribution < -0.4 is 0 Å². The van der Waals surface area contributed by atoms with Crippen LogP contribution in [-0.4, -0.2) is 26.9 Å². The normalized spacial score (nSPS) is 11.4. The second-order valence-corrected chi connectivity index (χ2v) is 8.12. The van der Waals surface area contributed by atoms with Gasteiger partial charge in [0.2, 0.25) is 5.91 Å². The summed E-state index contributed by atoms with van der Waals surface area (Å²) in [5.41, 5.74) is 2.12. The van der Waals surface area contributed by atoms with Gasteiger partial charge in [-0.1, -0.05) is 32.9 Å². The van der Waals surface area contributed by atoms with Crippen molar-refractivity contribution in [1.29, 1.82) is 0 Å². The van der Waals surface area contributed by atoms with E-state index in [1.807, 2.05) is 4.57 Å². The number of aryl methyl sites for hydroxylation is 1. The SMILES string of the molecule is CCCn1c(CN(CCC(C)C)C(=O)Cc2cccc(F)c2)nc2ccc(F)cc21. The van der Waals surface area contributed by atoms with E-state index in [1.165, 1.54) is 24.3 Å². The molecule has 0 radical (unpaired) electrons. The molecule has 3 aromatic rings. The lowest BCUT2D eigenvalue weighted by Gasteiger charge is -2.24. The standard InChI is InChI=1S/C24H29F2N3O/c1-4-11-29-22-15-20(26)8-9-21(22)27-23(29)16-28(12-10-17(2)3)24(30)14-18-6-5-7-19(25)13-18/h5-9,13,15,17H,4,10-12,14,16H2,1-3H3. The maximum absolute atomic E-state index is 13.8. The Hall–Kier alpha value is -2.76. The van der Waals surface area contributed by atoms with Gasteiger partial charge >= 0.3 is 0 Å². The van der Waals surface area contributed by atoms with Crippen LogP contribution in [0.3, 0.4) is 0 Å². The van der Waals surface area contributed by atoms with Crippen LogP contribution in [0.5, 0.6) is 0 Å². The largest absolute Gasteiger partial charge is 0.335 e. The minimum absolute atomic E-state index is 0.0671. The second-order valence-electron chi connectivity index (χ2n) is 8.12. The predicted molar refractivity (Wildman–Crippen MR) is 115 cm³/mol. The van der Waals surface area contributed by atoms with Gasteiger partial charge in [0, 0.05) is 13.1 Å². The summed E-state index contributed by atoms with van der Waals surface area (Å²) < 4.78 is 29.3. The highest BCUT2D eigenvalue weighted by molar-refractivity contribution is 5.79. The molecule has 2 aromatic carbocycles. The zero-order valence-electron chi connectivity index (χ0n) is 17.9. The van der Waals surface area contributed by atoms with Gasteiger partial charge in [-0.25, -0.2) is 13.8 Å². The van der Waals surface area contributed by atoms with Gasteiger partial charge in [-0.3, -0.25) is 4.79 Å². The van der Waals surface area contributed by atoms with Crippen LogP contribution in [-0.2, 0) is 24.3 Å². The highest BCUT2D eigenvalue weighted by Crippen LogP contribution is 2.20. The maximum Gasteiger partial charge on any atom is 0.227 e. The Kier molecular flexibility index (Phi) is 7.19. The number of hydrogen-bond acceptors (Lipinski definition) is 2. The molecule has 0 unspecified atom stereocenters. The minimum Gasteiger partial charge on any atom is -0.335 e. The van der Waals surface area contributed by atoms with Crippen LogP contribution >= 0.6 is 0 Å². The molecule has 0 fully saturated rings. The van der Waals surface area contributed by atoms with Crippen molar-refractivity contribution in [3.8, 4) is 0 Å². The first-order valence-electron chi connectivity index (χ1n) is 10.5. The molecule has 4 nitrogen and oxygen atoms in total. The third-order valence-corrected chi connectivity index (χ3v) is 5.14. The van der Waals surface area contributed by atoms with Crippen LogP contribution in [0, 0.1) is 17.6 Å². The number of imidazole rings is 1. The average Bonchev–Trinajstić information content (AvgIpc) is 3.02. The first-order valence-corrected chi connectivity index (χ1v) is 10.5. The Labute approximate surface area is 176 Å². The van der Waals surface area contributed by atoms with Crippen molar-refractivity contribution in [2.24, 2.45) is 5.92 Å². The highest BCUT2D eigenvalue weighted by atomic mass is 19.1.